The monoisotopic (exact) mass is 354 g/mol. The number of esters is 1. The zero-order valence-corrected chi connectivity index (χ0v) is 12.8. The first-order chi connectivity index (χ1) is 9.77. The first-order valence-electron chi connectivity index (χ1n) is 5.26. The van der Waals surface area contributed by atoms with Gasteiger partial charge in [-0.3, -0.25) is 10.1 Å². The minimum Gasteiger partial charge on any atom is -0.451 e. The molecule has 0 saturated carbocycles. The number of urea groups is 1. The van der Waals surface area contributed by atoms with Gasteiger partial charge in [0.1, 0.15) is 5.02 Å². The maximum absolute atomic E-state index is 11.7. The molecule has 0 saturated heterocycles. The fraction of sp³-hybridized carbons (Fsp3) is 0.200. The molecule has 1 heterocycles. The fourth-order valence-corrected chi connectivity index (χ4v) is 1.68. The highest BCUT2D eigenvalue weighted by atomic mass is 35.5. The number of rotatable bonds is 3. The lowest BCUT2D eigenvalue weighted by molar-refractivity contribution is -0.123. The minimum atomic E-state index is -1.04. The molecule has 0 atom stereocenters. The number of nitrogens with zero attached hydrogens (tertiary/aromatic N) is 1. The van der Waals surface area contributed by atoms with Gasteiger partial charge in [0.05, 0.1) is 10.7 Å². The quantitative estimate of drug-likeness (QED) is 0.553. The van der Waals surface area contributed by atoms with Gasteiger partial charge in [-0.15, -0.1) is 0 Å². The third-order valence-corrected chi connectivity index (χ3v) is 3.22. The number of anilines is 1. The molecule has 114 valence electrons. The van der Waals surface area contributed by atoms with Crippen LogP contribution in [0.5, 0.6) is 0 Å². The molecule has 0 unspecified atom stereocenters. The molecule has 4 N–H and O–H groups in total. The van der Waals surface area contributed by atoms with Gasteiger partial charge in [-0.2, -0.15) is 0 Å². The highest BCUT2D eigenvalue weighted by Gasteiger charge is 2.21. The molecule has 1 aromatic heterocycles. The molecule has 8 nitrogen and oxygen atoms in total. The summed E-state index contributed by atoms with van der Waals surface area (Å²) in [6.45, 7) is -0.718. The number of nitrogens with one attached hydrogen (secondary N) is 2. The number of pyridine rings is 1. The Labute approximate surface area is 133 Å². The van der Waals surface area contributed by atoms with Crippen molar-refractivity contribution in [1.82, 2.24) is 15.6 Å². The summed E-state index contributed by atoms with van der Waals surface area (Å²) < 4.78 is 4.63. The van der Waals surface area contributed by atoms with Crippen LogP contribution in [0.2, 0.25) is 15.2 Å². The van der Waals surface area contributed by atoms with E-state index in [0.717, 1.165) is 0 Å². The van der Waals surface area contributed by atoms with E-state index >= 15 is 0 Å². The van der Waals surface area contributed by atoms with Gasteiger partial charge in [-0.25, -0.2) is 14.6 Å². The van der Waals surface area contributed by atoms with Crippen LogP contribution < -0.4 is 16.4 Å². The summed E-state index contributed by atoms with van der Waals surface area (Å²) in [5.74, 6) is -1.89. The Morgan fingerprint density at radius 2 is 1.86 bits per heavy atom. The number of nitrogen functional groups attached to an aromatic ring is 1. The van der Waals surface area contributed by atoms with E-state index in [4.69, 9.17) is 40.5 Å². The standard InChI is InChI=1S/C10H9Cl3N4O4/c1-15-10(20)16-3(18)2-21-9(19)7-4(11)6(14)5(12)8(13)17-7/h2H2,1H3,(H2,14,17)(H2,15,16,18,20). The Morgan fingerprint density at radius 3 is 2.43 bits per heavy atom. The third kappa shape index (κ3) is 4.35. The molecule has 0 spiro atoms. The highest BCUT2D eigenvalue weighted by Crippen LogP contribution is 2.34. The van der Waals surface area contributed by atoms with E-state index in [0.29, 0.717) is 0 Å². The third-order valence-electron chi connectivity index (χ3n) is 2.08. The lowest BCUT2D eigenvalue weighted by Crippen LogP contribution is -2.39. The summed E-state index contributed by atoms with van der Waals surface area (Å²) in [6.07, 6.45) is 0. The van der Waals surface area contributed by atoms with Crippen LogP contribution in [-0.2, 0) is 9.53 Å². The van der Waals surface area contributed by atoms with Crippen LogP contribution in [0.4, 0.5) is 10.5 Å². The number of nitrogens with two attached hydrogens (primary N) is 1. The van der Waals surface area contributed by atoms with Crippen LogP contribution in [0.25, 0.3) is 0 Å². The number of carbonyl (C=O) groups excluding carboxylic acids is 3. The second kappa shape index (κ2) is 7.30. The molecule has 0 bridgehead atoms. The van der Waals surface area contributed by atoms with Gasteiger partial charge >= 0.3 is 12.0 Å². The Hall–Kier alpha value is -1.77. The van der Waals surface area contributed by atoms with E-state index in [1.807, 2.05) is 5.32 Å². The summed E-state index contributed by atoms with van der Waals surface area (Å²) >= 11 is 17.2. The largest absolute Gasteiger partial charge is 0.451 e. The first-order valence-corrected chi connectivity index (χ1v) is 6.40. The smallest absolute Gasteiger partial charge is 0.359 e. The average Bonchev–Trinajstić information content (AvgIpc) is 2.46. The van der Waals surface area contributed by atoms with E-state index in [2.05, 4.69) is 15.0 Å². The minimum absolute atomic E-state index is 0.101. The summed E-state index contributed by atoms with van der Waals surface area (Å²) in [5, 5.41) is 3.46. The maximum Gasteiger partial charge on any atom is 0.359 e. The van der Waals surface area contributed by atoms with Gasteiger partial charge < -0.3 is 15.8 Å². The van der Waals surface area contributed by atoms with Crippen LogP contribution in [0, 0.1) is 0 Å². The lowest BCUT2D eigenvalue weighted by Gasteiger charge is -2.09. The number of hydrogen-bond donors (Lipinski definition) is 3. The number of aromatic nitrogens is 1. The molecular weight excluding hydrogens is 346 g/mol. The number of amides is 3. The SMILES string of the molecule is CNC(=O)NC(=O)COC(=O)c1nc(Cl)c(Cl)c(N)c1Cl. The molecule has 0 radical (unpaired) electrons. The van der Waals surface area contributed by atoms with Crippen molar-refractivity contribution in [3.05, 3.63) is 20.9 Å². The Kier molecular flexibility index (Phi) is 6.01. The molecule has 11 heteroatoms. The van der Waals surface area contributed by atoms with Crippen LogP contribution in [0.3, 0.4) is 0 Å². The Morgan fingerprint density at radius 1 is 1.24 bits per heavy atom. The number of ether oxygens (including phenoxy) is 1. The van der Waals surface area contributed by atoms with Crippen LogP contribution in [-0.4, -0.2) is 36.5 Å². The van der Waals surface area contributed by atoms with Gasteiger partial charge in [0, 0.05) is 7.05 Å². The summed E-state index contributed by atoms with van der Waals surface area (Å²) in [6, 6.07) is -0.744. The molecule has 1 aromatic rings. The zero-order valence-electron chi connectivity index (χ0n) is 10.5. The van der Waals surface area contributed by atoms with Crippen molar-refractivity contribution in [2.45, 2.75) is 0 Å². The molecule has 21 heavy (non-hydrogen) atoms. The zero-order chi connectivity index (χ0) is 16.2. The molecule has 0 aliphatic heterocycles. The van der Waals surface area contributed by atoms with E-state index in [-0.39, 0.29) is 20.9 Å². The van der Waals surface area contributed by atoms with Crippen molar-refractivity contribution in [3.63, 3.8) is 0 Å². The van der Waals surface area contributed by atoms with E-state index in [1.54, 1.807) is 0 Å². The normalized spacial score (nSPS) is 9.90. The second-order valence-electron chi connectivity index (χ2n) is 3.50. The molecular formula is C10H9Cl3N4O4. The number of carbonyl (C=O) groups is 3. The summed E-state index contributed by atoms with van der Waals surface area (Å²) in [5.41, 5.74) is 5.00. The lowest BCUT2D eigenvalue weighted by atomic mass is 10.3. The highest BCUT2D eigenvalue weighted by molar-refractivity contribution is 6.46. The van der Waals surface area contributed by atoms with Crippen molar-refractivity contribution >= 4 is 58.4 Å². The topological polar surface area (TPSA) is 123 Å². The fourth-order valence-electron chi connectivity index (χ4n) is 1.09. The van der Waals surface area contributed by atoms with Crippen molar-refractivity contribution in [2.75, 3.05) is 19.4 Å². The van der Waals surface area contributed by atoms with Crippen LogP contribution in [0.1, 0.15) is 10.5 Å². The second-order valence-corrected chi connectivity index (χ2v) is 4.61. The number of imide groups is 1. The summed E-state index contributed by atoms with van der Waals surface area (Å²) in [7, 11) is 1.32. The summed E-state index contributed by atoms with van der Waals surface area (Å²) in [4.78, 5) is 37.5. The molecule has 0 aromatic carbocycles. The van der Waals surface area contributed by atoms with Crippen LogP contribution >= 0.6 is 34.8 Å². The molecule has 1 rings (SSSR count). The van der Waals surface area contributed by atoms with Crippen molar-refractivity contribution in [1.29, 1.82) is 0 Å². The van der Waals surface area contributed by atoms with Crippen molar-refractivity contribution in [3.8, 4) is 0 Å². The molecule has 3 amide bonds. The molecule has 0 aliphatic rings. The van der Waals surface area contributed by atoms with Gasteiger partial charge in [0.2, 0.25) is 0 Å². The van der Waals surface area contributed by atoms with Gasteiger partial charge in [0.15, 0.2) is 17.5 Å². The van der Waals surface area contributed by atoms with Gasteiger partial charge in [-0.05, 0) is 0 Å². The van der Waals surface area contributed by atoms with E-state index in [1.165, 1.54) is 7.05 Å². The molecule has 0 aliphatic carbocycles. The van der Waals surface area contributed by atoms with Gasteiger partial charge in [0.25, 0.3) is 5.91 Å². The van der Waals surface area contributed by atoms with E-state index in [9.17, 15) is 14.4 Å². The number of hydrogen-bond acceptors (Lipinski definition) is 6. The van der Waals surface area contributed by atoms with Crippen LogP contribution in [0.15, 0.2) is 0 Å². The number of halogens is 3. The first kappa shape index (κ1) is 17.3. The Bertz CT molecular complexity index is 608. The average molecular weight is 356 g/mol. The predicted molar refractivity (Wildman–Crippen MR) is 76.6 cm³/mol. The van der Waals surface area contributed by atoms with Crippen molar-refractivity contribution < 1.29 is 19.1 Å². The molecule has 0 fully saturated rings. The van der Waals surface area contributed by atoms with Gasteiger partial charge in [-0.1, -0.05) is 34.8 Å². The predicted octanol–water partition coefficient (Wildman–Crippen LogP) is 1.24. The van der Waals surface area contributed by atoms with Crippen molar-refractivity contribution in [2.24, 2.45) is 0 Å². The maximum atomic E-state index is 11.7. The van der Waals surface area contributed by atoms with E-state index < -0.39 is 30.2 Å². The Balaban J connectivity index is 2.78.